The topological polar surface area (TPSA) is 179 Å². The fourth-order valence-electron chi connectivity index (χ4n) is 1.51. The van der Waals surface area contributed by atoms with Crippen molar-refractivity contribution < 1.29 is 32.8 Å². The molecule has 0 heterocycles. The number of carboxylic acids is 1. The van der Waals surface area contributed by atoms with Gasteiger partial charge in [-0.3, -0.25) is 9.35 Å². The van der Waals surface area contributed by atoms with Gasteiger partial charge in [0.2, 0.25) is 0 Å². The number of nitrogens with one attached hydrogen (secondary N) is 2. The summed E-state index contributed by atoms with van der Waals surface area (Å²) < 4.78 is 31.4. The number of aliphatic carboxylic acids is 1. The van der Waals surface area contributed by atoms with Crippen LogP contribution in [0.1, 0.15) is 5.56 Å². The molecule has 0 spiro atoms. The minimum absolute atomic E-state index is 0.132. The zero-order valence-electron chi connectivity index (χ0n) is 11.7. The highest BCUT2D eigenvalue weighted by Crippen LogP contribution is 2.38. The summed E-state index contributed by atoms with van der Waals surface area (Å²) in [6, 6.07) is -1.47. The predicted octanol–water partition coefficient (Wildman–Crippen LogP) is 0.134. The van der Waals surface area contributed by atoms with E-state index in [-0.39, 0.29) is 16.3 Å². The van der Waals surface area contributed by atoms with Crippen LogP contribution in [0.15, 0.2) is 11.0 Å². The van der Waals surface area contributed by atoms with E-state index >= 15 is 0 Å². The van der Waals surface area contributed by atoms with E-state index in [0.717, 1.165) is 6.07 Å². The number of carboxylic acid groups (broad SMARTS) is 1. The average Bonchev–Trinajstić information content (AvgIpc) is 2.43. The van der Waals surface area contributed by atoms with E-state index in [0.29, 0.717) is 0 Å². The summed E-state index contributed by atoms with van der Waals surface area (Å²) in [6.45, 7) is 0.973. The first kappa shape index (κ1) is 19.0. The highest BCUT2D eigenvalue weighted by molar-refractivity contribution is 7.86. The number of carbonyl (C=O) groups is 2. The van der Waals surface area contributed by atoms with Crippen LogP contribution in [0.5, 0.6) is 5.75 Å². The largest absolute Gasteiger partial charge is 0.504 e. The van der Waals surface area contributed by atoms with Gasteiger partial charge in [0.05, 0.1) is 5.69 Å². The molecule has 1 rings (SSSR count). The van der Waals surface area contributed by atoms with Gasteiger partial charge >= 0.3 is 12.0 Å². The molecule has 0 saturated carbocycles. The third-order valence-electron chi connectivity index (χ3n) is 2.78. The van der Waals surface area contributed by atoms with Crippen LogP contribution in [-0.2, 0) is 14.9 Å². The van der Waals surface area contributed by atoms with Gasteiger partial charge in [0.25, 0.3) is 10.1 Å². The Balaban J connectivity index is 3.07. The second-order valence-electron chi connectivity index (χ2n) is 4.46. The molecule has 1 aromatic carbocycles. The maximum Gasteiger partial charge on any atom is 0.322 e. The van der Waals surface area contributed by atoms with Crippen molar-refractivity contribution in [3.8, 4) is 5.75 Å². The lowest BCUT2D eigenvalue weighted by atomic mass is 10.2. The van der Waals surface area contributed by atoms with Gasteiger partial charge in [0, 0.05) is 11.6 Å². The molecule has 10 nitrogen and oxygen atoms in total. The van der Waals surface area contributed by atoms with Gasteiger partial charge in [0.15, 0.2) is 5.75 Å². The summed E-state index contributed by atoms with van der Waals surface area (Å²) in [6.07, 6.45) is 0. The Morgan fingerprint density at radius 3 is 2.48 bits per heavy atom. The minimum Gasteiger partial charge on any atom is -0.504 e. The van der Waals surface area contributed by atoms with Crippen molar-refractivity contribution in [2.24, 2.45) is 5.73 Å². The van der Waals surface area contributed by atoms with E-state index in [1.165, 1.54) is 6.92 Å². The van der Waals surface area contributed by atoms with E-state index in [4.69, 9.17) is 27.0 Å². The van der Waals surface area contributed by atoms with Gasteiger partial charge in [-0.1, -0.05) is 11.6 Å². The number of hydrogen-bond acceptors (Lipinski definition) is 6. The van der Waals surface area contributed by atoms with E-state index < -0.39 is 45.4 Å². The monoisotopic (exact) mass is 367 g/mol. The molecular weight excluding hydrogens is 354 g/mol. The standard InChI is InChI=1S/C11H14ClN3O7S/c1-4-5(12)2-7(23(20,21)22)9(16)8(4)15-11(19)14-3-6(13)10(17)18/h2,6,16H,3,13H2,1H3,(H,17,18)(H2,14,15,19)(H,20,21,22). The summed E-state index contributed by atoms with van der Waals surface area (Å²) in [5.41, 5.74) is 4.98. The molecule has 7 N–H and O–H groups in total. The van der Waals surface area contributed by atoms with Crippen molar-refractivity contribution in [1.82, 2.24) is 5.32 Å². The van der Waals surface area contributed by atoms with Crippen molar-refractivity contribution in [2.75, 3.05) is 11.9 Å². The molecule has 0 bridgehead atoms. The summed E-state index contributed by atoms with van der Waals surface area (Å²) in [5.74, 6) is -2.24. The average molecular weight is 368 g/mol. The van der Waals surface area contributed by atoms with Gasteiger partial charge in [-0.05, 0) is 18.6 Å². The SMILES string of the molecule is Cc1c(Cl)cc(S(=O)(=O)O)c(O)c1NC(=O)NCC(N)C(=O)O. The molecule has 0 aliphatic rings. The Bertz CT molecular complexity index is 750. The van der Waals surface area contributed by atoms with Crippen LogP contribution in [0.4, 0.5) is 10.5 Å². The Morgan fingerprint density at radius 2 is 2.00 bits per heavy atom. The number of phenols is 1. The van der Waals surface area contributed by atoms with Gasteiger partial charge < -0.3 is 26.6 Å². The number of nitrogens with two attached hydrogens (primary N) is 1. The van der Waals surface area contributed by atoms with Crippen LogP contribution in [0.2, 0.25) is 5.02 Å². The van der Waals surface area contributed by atoms with Crippen LogP contribution in [0, 0.1) is 6.92 Å². The van der Waals surface area contributed by atoms with Crippen molar-refractivity contribution in [1.29, 1.82) is 0 Å². The number of carbonyl (C=O) groups excluding carboxylic acids is 1. The van der Waals surface area contributed by atoms with Crippen molar-refractivity contribution in [2.45, 2.75) is 17.9 Å². The summed E-state index contributed by atoms with van der Waals surface area (Å²) >= 11 is 5.79. The molecule has 1 atom stereocenters. The molecule has 0 fully saturated rings. The first-order valence-corrected chi connectivity index (χ1v) is 7.79. The maximum absolute atomic E-state index is 11.7. The van der Waals surface area contributed by atoms with Crippen molar-refractivity contribution >= 4 is 39.4 Å². The number of aromatic hydroxyl groups is 1. The number of benzene rings is 1. The third-order valence-corrected chi connectivity index (χ3v) is 4.04. The Morgan fingerprint density at radius 1 is 1.43 bits per heavy atom. The smallest absolute Gasteiger partial charge is 0.322 e. The molecule has 0 radical (unpaired) electrons. The van der Waals surface area contributed by atoms with Crippen LogP contribution in [-0.4, -0.2) is 47.8 Å². The Kier molecular flexibility index (Phi) is 5.77. The molecule has 1 unspecified atom stereocenters. The number of urea groups is 1. The second-order valence-corrected chi connectivity index (χ2v) is 6.26. The Labute approximate surface area is 136 Å². The number of anilines is 1. The van der Waals surface area contributed by atoms with Crippen LogP contribution in [0.25, 0.3) is 0 Å². The molecule has 0 aliphatic carbocycles. The predicted molar refractivity (Wildman–Crippen MR) is 80.3 cm³/mol. The fraction of sp³-hybridized carbons (Fsp3) is 0.273. The molecule has 0 saturated heterocycles. The molecule has 0 aromatic heterocycles. The van der Waals surface area contributed by atoms with E-state index in [1.807, 2.05) is 0 Å². The summed E-state index contributed by atoms with van der Waals surface area (Å²) in [5, 5.41) is 22.6. The number of phenolic OH excluding ortho intramolecular Hbond substituents is 1. The first-order valence-electron chi connectivity index (χ1n) is 5.98. The maximum atomic E-state index is 11.7. The molecule has 2 amide bonds. The highest BCUT2D eigenvalue weighted by Gasteiger charge is 2.23. The zero-order chi connectivity index (χ0) is 17.9. The normalized spacial score (nSPS) is 12.5. The Hall–Kier alpha value is -2.08. The number of rotatable bonds is 5. The number of halogens is 1. The van der Waals surface area contributed by atoms with Gasteiger partial charge in [0.1, 0.15) is 10.9 Å². The lowest BCUT2D eigenvalue weighted by Crippen LogP contribution is -2.43. The summed E-state index contributed by atoms with van der Waals surface area (Å²) in [7, 11) is -4.77. The van der Waals surface area contributed by atoms with Gasteiger partial charge in [-0.25, -0.2) is 4.79 Å². The van der Waals surface area contributed by atoms with Crippen LogP contribution in [0.3, 0.4) is 0 Å². The minimum atomic E-state index is -4.77. The third kappa shape index (κ3) is 4.69. The lowest BCUT2D eigenvalue weighted by Gasteiger charge is -2.15. The van der Waals surface area contributed by atoms with Crippen LogP contribution >= 0.6 is 11.6 Å². The van der Waals surface area contributed by atoms with Gasteiger partial charge in [-0.15, -0.1) is 0 Å². The van der Waals surface area contributed by atoms with Crippen LogP contribution < -0.4 is 16.4 Å². The van der Waals surface area contributed by atoms with E-state index in [1.54, 1.807) is 0 Å². The van der Waals surface area contributed by atoms with E-state index in [9.17, 15) is 23.1 Å². The molecule has 23 heavy (non-hydrogen) atoms. The quantitative estimate of drug-likeness (QED) is 0.314. The molecule has 0 aliphatic heterocycles. The molecular formula is C11H14ClN3O7S. The zero-order valence-corrected chi connectivity index (χ0v) is 13.3. The van der Waals surface area contributed by atoms with E-state index in [2.05, 4.69) is 10.6 Å². The molecule has 1 aromatic rings. The van der Waals surface area contributed by atoms with Gasteiger partial charge in [-0.2, -0.15) is 8.42 Å². The van der Waals surface area contributed by atoms with Crippen molar-refractivity contribution in [3.63, 3.8) is 0 Å². The number of hydrogen-bond donors (Lipinski definition) is 6. The fourth-order valence-corrected chi connectivity index (χ4v) is 2.39. The number of amides is 2. The first-order chi connectivity index (χ1) is 10.4. The molecule has 12 heteroatoms. The van der Waals surface area contributed by atoms with Crippen molar-refractivity contribution in [3.05, 3.63) is 16.7 Å². The second kappa shape index (κ2) is 7.00. The highest BCUT2D eigenvalue weighted by atomic mass is 35.5. The lowest BCUT2D eigenvalue weighted by molar-refractivity contribution is -0.138. The summed E-state index contributed by atoms with van der Waals surface area (Å²) in [4.78, 5) is 21.3. The molecule has 128 valence electrons.